The molecule has 0 bridgehead atoms. The second-order valence-corrected chi connectivity index (χ2v) is 6.04. The Morgan fingerprint density at radius 2 is 1.54 bits per heavy atom. The molecule has 0 aliphatic carbocycles. The summed E-state index contributed by atoms with van der Waals surface area (Å²) in [5, 5.41) is 2.57. The summed E-state index contributed by atoms with van der Waals surface area (Å²) in [6, 6.07) is 25.7. The maximum atomic E-state index is 4.32. The predicted molar refractivity (Wildman–Crippen MR) is 96.7 cm³/mol. The number of hydrogen-bond donors (Lipinski definition) is 0. The first-order chi connectivity index (χ1) is 11.9. The van der Waals surface area contributed by atoms with Gasteiger partial charge in [0.15, 0.2) is 12.7 Å². The van der Waals surface area contributed by atoms with Gasteiger partial charge in [-0.3, -0.25) is 4.98 Å². The third-order valence-electron chi connectivity index (χ3n) is 4.32. The SMILES string of the molecule is c1ccc(C[n+]2ccncc2Cc2ccc3ccccc3c2)cc1. The lowest BCUT2D eigenvalue weighted by Crippen LogP contribution is -2.38. The van der Waals surface area contributed by atoms with Gasteiger partial charge in [-0.05, 0) is 16.3 Å². The van der Waals surface area contributed by atoms with E-state index in [1.165, 1.54) is 27.6 Å². The molecule has 0 N–H and O–H groups in total. The van der Waals surface area contributed by atoms with Crippen molar-refractivity contribution in [1.82, 2.24) is 4.98 Å². The van der Waals surface area contributed by atoms with Crippen LogP contribution >= 0.6 is 0 Å². The summed E-state index contributed by atoms with van der Waals surface area (Å²) in [7, 11) is 0. The first kappa shape index (κ1) is 14.6. The van der Waals surface area contributed by atoms with Crippen LogP contribution in [0.4, 0.5) is 0 Å². The van der Waals surface area contributed by atoms with E-state index >= 15 is 0 Å². The fourth-order valence-corrected chi connectivity index (χ4v) is 3.06. The van der Waals surface area contributed by atoms with Crippen molar-refractivity contribution >= 4 is 10.8 Å². The molecule has 0 unspecified atom stereocenters. The first-order valence-corrected chi connectivity index (χ1v) is 8.22. The number of hydrogen-bond acceptors (Lipinski definition) is 1. The van der Waals surface area contributed by atoms with Crippen LogP contribution in [0.2, 0.25) is 0 Å². The van der Waals surface area contributed by atoms with Gasteiger partial charge in [-0.15, -0.1) is 0 Å². The zero-order chi connectivity index (χ0) is 16.2. The van der Waals surface area contributed by atoms with Crippen LogP contribution < -0.4 is 4.57 Å². The minimum atomic E-state index is 0.867. The lowest BCUT2D eigenvalue weighted by atomic mass is 10.0. The molecule has 0 fully saturated rings. The summed E-state index contributed by atoms with van der Waals surface area (Å²) in [4.78, 5) is 4.32. The summed E-state index contributed by atoms with van der Waals surface area (Å²) in [5.74, 6) is 0. The van der Waals surface area contributed by atoms with Crippen molar-refractivity contribution in [3.63, 3.8) is 0 Å². The molecule has 3 aromatic carbocycles. The van der Waals surface area contributed by atoms with Crippen molar-refractivity contribution in [1.29, 1.82) is 0 Å². The van der Waals surface area contributed by atoms with Crippen LogP contribution in [0.5, 0.6) is 0 Å². The Balaban J connectivity index is 1.64. The summed E-state index contributed by atoms with van der Waals surface area (Å²) in [6.45, 7) is 0.867. The molecule has 0 amide bonds. The number of nitrogens with zero attached hydrogens (tertiary/aromatic N) is 2. The highest BCUT2D eigenvalue weighted by Gasteiger charge is 2.12. The van der Waals surface area contributed by atoms with Crippen molar-refractivity contribution in [3.8, 4) is 0 Å². The third kappa shape index (κ3) is 3.18. The van der Waals surface area contributed by atoms with Crippen LogP contribution in [0, 0.1) is 0 Å². The normalized spacial score (nSPS) is 10.8. The zero-order valence-corrected chi connectivity index (χ0v) is 13.5. The van der Waals surface area contributed by atoms with Gasteiger partial charge in [-0.2, -0.15) is 4.57 Å². The Labute approximate surface area is 142 Å². The second-order valence-electron chi connectivity index (χ2n) is 6.04. The number of rotatable bonds is 4. The number of aromatic nitrogens is 2. The molecule has 0 aliphatic heterocycles. The highest BCUT2D eigenvalue weighted by Crippen LogP contribution is 2.17. The predicted octanol–water partition coefficient (Wildman–Crippen LogP) is 4.16. The largest absolute Gasteiger partial charge is 0.252 e. The van der Waals surface area contributed by atoms with Gasteiger partial charge in [-0.1, -0.05) is 72.8 Å². The summed E-state index contributed by atoms with van der Waals surface area (Å²) in [6.07, 6.45) is 6.76. The van der Waals surface area contributed by atoms with E-state index in [-0.39, 0.29) is 0 Å². The maximum absolute atomic E-state index is 4.32. The Kier molecular flexibility index (Phi) is 4.03. The Morgan fingerprint density at radius 3 is 2.42 bits per heavy atom. The average Bonchev–Trinajstić information content (AvgIpc) is 2.64. The molecule has 0 aliphatic rings. The maximum Gasteiger partial charge on any atom is 0.204 e. The van der Waals surface area contributed by atoms with Crippen LogP contribution in [0.3, 0.4) is 0 Å². The van der Waals surface area contributed by atoms with E-state index < -0.39 is 0 Å². The van der Waals surface area contributed by atoms with Crippen LogP contribution in [0.25, 0.3) is 10.8 Å². The third-order valence-corrected chi connectivity index (χ3v) is 4.32. The van der Waals surface area contributed by atoms with E-state index in [0.717, 1.165) is 13.0 Å². The minimum absolute atomic E-state index is 0.867. The van der Waals surface area contributed by atoms with Gasteiger partial charge in [0, 0.05) is 5.56 Å². The fourth-order valence-electron chi connectivity index (χ4n) is 3.06. The molecule has 2 heteroatoms. The Morgan fingerprint density at radius 1 is 0.750 bits per heavy atom. The highest BCUT2D eigenvalue weighted by atomic mass is 15.0. The molecule has 4 rings (SSSR count). The van der Waals surface area contributed by atoms with E-state index in [2.05, 4.69) is 88.5 Å². The molecule has 1 aromatic heterocycles. The van der Waals surface area contributed by atoms with Crippen molar-refractivity contribution < 1.29 is 4.57 Å². The van der Waals surface area contributed by atoms with Crippen molar-refractivity contribution in [2.45, 2.75) is 13.0 Å². The van der Waals surface area contributed by atoms with E-state index in [4.69, 9.17) is 0 Å². The molecule has 24 heavy (non-hydrogen) atoms. The molecule has 4 aromatic rings. The van der Waals surface area contributed by atoms with Gasteiger partial charge >= 0.3 is 0 Å². The summed E-state index contributed by atoms with van der Waals surface area (Å²) >= 11 is 0. The zero-order valence-electron chi connectivity index (χ0n) is 13.5. The van der Waals surface area contributed by atoms with E-state index in [1.807, 2.05) is 12.4 Å². The fraction of sp³-hybridized carbons (Fsp3) is 0.0909. The summed E-state index contributed by atoms with van der Waals surface area (Å²) < 4.78 is 2.28. The number of benzene rings is 3. The molecular weight excluding hydrogens is 292 g/mol. The van der Waals surface area contributed by atoms with Gasteiger partial charge in [0.2, 0.25) is 5.69 Å². The van der Waals surface area contributed by atoms with Crippen molar-refractivity contribution in [2.75, 3.05) is 0 Å². The van der Waals surface area contributed by atoms with E-state index in [1.54, 1.807) is 0 Å². The molecular formula is C22H19N2+. The van der Waals surface area contributed by atoms with Crippen molar-refractivity contribution in [3.05, 3.63) is 108 Å². The van der Waals surface area contributed by atoms with Gasteiger partial charge in [0.1, 0.15) is 0 Å². The van der Waals surface area contributed by atoms with Crippen LogP contribution in [0.15, 0.2) is 91.4 Å². The smallest absolute Gasteiger partial charge is 0.204 e. The first-order valence-electron chi connectivity index (χ1n) is 8.22. The van der Waals surface area contributed by atoms with E-state index in [9.17, 15) is 0 Å². The van der Waals surface area contributed by atoms with Gasteiger partial charge < -0.3 is 0 Å². The van der Waals surface area contributed by atoms with Crippen molar-refractivity contribution in [2.24, 2.45) is 0 Å². The topological polar surface area (TPSA) is 16.8 Å². The van der Waals surface area contributed by atoms with Gasteiger partial charge in [-0.25, -0.2) is 0 Å². The Bertz CT molecular complexity index is 961. The second kappa shape index (κ2) is 6.63. The van der Waals surface area contributed by atoms with Gasteiger partial charge in [0.05, 0.1) is 18.8 Å². The molecule has 0 spiro atoms. The van der Waals surface area contributed by atoms with Crippen LogP contribution in [0.1, 0.15) is 16.8 Å². The summed E-state index contributed by atoms with van der Waals surface area (Å²) in [5.41, 5.74) is 3.83. The minimum Gasteiger partial charge on any atom is -0.252 e. The molecule has 0 radical (unpaired) electrons. The average molecular weight is 311 g/mol. The van der Waals surface area contributed by atoms with E-state index in [0.29, 0.717) is 0 Å². The quantitative estimate of drug-likeness (QED) is 0.517. The molecule has 0 atom stereocenters. The lowest BCUT2D eigenvalue weighted by Gasteiger charge is -2.05. The standard InChI is InChI=1S/C22H19N2/c1-2-6-18(7-3-1)17-24-13-12-23-16-22(24)15-19-10-11-20-8-4-5-9-21(20)14-19/h1-14,16H,15,17H2/q+1. The van der Waals surface area contributed by atoms with Crippen LogP contribution in [-0.2, 0) is 13.0 Å². The molecule has 116 valence electrons. The molecule has 0 saturated carbocycles. The van der Waals surface area contributed by atoms with Crippen LogP contribution in [-0.4, -0.2) is 4.98 Å². The lowest BCUT2D eigenvalue weighted by molar-refractivity contribution is -0.695. The Hall–Kier alpha value is -3.00. The highest BCUT2D eigenvalue weighted by molar-refractivity contribution is 5.83. The number of fused-ring (bicyclic) bond motifs is 1. The molecule has 1 heterocycles. The molecule has 0 saturated heterocycles. The van der Waals surface area contributed by atoms with Gasteiger partial charge in [0.25, 0.3) is 0 Å². The molecule has 2 nitrogen and oxygen atoms in total. The monoisotopic (exact) mass is 311 g/mol.